The zero-order valence-electron chi connectivity index (χ0n) is 15.1. The highest BCUT2D eigenvalue weighted by Crippen LogP contribution is 2.35. The highest BCUT2D eigenvalue weighted by atomic mass is 79.9. The van der Waals surface area contributed by atoms with Crippen molar-refractivity contribution in [2.24, 2.45) is 0 Å². The first-order valence-electron chi connectivity index (χ1n) is 8.73. The van der Waals surface area contributed by atoms with Crippen LogP contribution in [0.1, 0.15) is 17.0 Å². The predicted octanol–water partition coefficient (Wildman–Crippen LogP) is 7.76. The Bertz CT molecular complexity index is 928. The van der Waals surface area contributed by atoms with Crippen molar-refractivity contribution in [3.63, 3.8) is 0 Å². The zero-order chi connectivity index (χ0) is 20.9. The lowest BCUT2D eigenvalue weighted by Crippen LogP contribution is -2.25. The first kappa shape index (κ1) is 21.7. The minimum atomic E-state index is -4.40. The fourth-order valence-electron chi connectivity index (χ4n) is 2.71. The third-order valence-electron chi connectivity index (χ3n) is 4.17. The highest BCUT2D eigenvalue weighted by molar-refractivity contribution is 9.10. The van der Waals surface area contributed by atoms with E-state index in [9.17, 15) is 13.2 Å². The molecule has 1 unspecified atom stereocenters. The second kappa shape index (κ2) is 9.65. The minimum absolute atomic E-state index is 0.0426. The number of ether oxygens (including phenoxy) is 2. The monoisotopic (exact) mass is 484 g/mol. The van der Waals surface area contributed by atoms with Gasteiger partial charge < -0.3 is 9.47 Å². The van der Waals surface area contributed by atoms with Gasteiger partial charge in [-0.05, 0) is 59.7 Å². The summed E-state index contributed by atoms with van der Waals surface area (Å²) >= 11 is 9.08. The van der Waals surface area contributed by atoms with E-state index in [2.05, 4.69) is 15.9 Å². The van der Waals surface area contributed by atoms with E-state index < -0.39 is 18.7 Å². The maximum atomic E-state index is 13.4. The van der Waals surface area contributed by atoms with Crippen LogP contribution in [0.15, 0.2) is 77.3 Å². The Morgan fingerprint density at radius 1 is 0.897 bits per heavy atom. The van der Waals surface area contributed by atoms with Crippen molar-refractivity contribution < 1.29 is 22.6 Å². The molecule has 1 atom stereocenters. The number of hydrogen-bond donors (Lipinski definition) is 0. The molecule has 0 fully saturated rings. The van der Waals surface area contributed by atoms with Crippen molar-refractivity contribution in [3.8, 4) is 11.5 Å². The average molecular weight is 486 g/mol. The molecule has 2 nitrogen and oxygen atoms in total. The Hall–Kier alpha value is -2.02. The average Bonchev–Trinajstić information content (AvgIpc) is 2.67. The van der Waals surface area contributed by atoms with Gasteiger partial charge in [-0.1, -0.05) is 51.8 Å². The van der Waals surface area contributed by atoms with Crippen molar-refractivity contribution in [1.29, 1.82) is 0 Å². The van der Waals surface area contributed by atoms with Crippen LogP contribution in [-0.4, -0.2) is 12.8 Å². The lowest BCUT2D eigenvalue weighted by molar-refractivity contribution is -0.163. The molecule has 0 spiro atoms. The Balaban J connectivity index is 1.62. The highest BCUT2D eigenvalue weighted by Gasteiger charge is 2.40. The van der Waals surface area contributed by atoms with E-state index >= 15 is 0 Å². The molecule has 29 heavy (non-hydrogen) atoms. The van der Waals surface area contributed by atoms with Crippen molar-refractivity contribution in [1.82, 2.24) is 0 Å². The van der Waals surface area contributed by atoms with E-state index in [1.807, 2.05) is 0 Å². The molecular formula is C22H17BrClF3O2. The second-order valence-electron chi connectivity index (χ2n) is 6.36. The molecule has 0 amide bonds. The molecule has 0 aliphatic heterocycles. The van der Waals surface area contributed by atoms with E-state index in [-0.39, 0.29) is 12.2 Å². The number of hydrogen-bond acceptors (Lipinski definition) is 2. The van der Waals surface area contributed by atoms with E-state index in [1.165, 1.54) is 12.1 Å². The fraction of sp³-hybridized carbons (Fsp3) is 0.182. The Kier molecular flexibility index (Phi) is 7.22. The molecule has 0 saturated carbocycles. The third kappa shape index (κ3) is 6.49. The lowest BCUT2D eigenvalue weighted by Gasteiger charge is -2.21. The zero-order valence-corrected chi connectivity index (χ0v) is 17.5. The molecule has 0 aromatic heterocycles. The standard InChI is InChI=1S/C22H17BrClF3O2/c23-17-6-4-16(5-7-17)21(22(25,26)27)14-28-13-15-2-1-3-20(12-15)29-19-10-8-18(24)9-11-19/h1-12,21H,13-14H2. The normalized spacial score (nSPS) is 12.6. The predicted molar refractivity (Wildman–Crippen MR) is 111 cm³/mol. The van der Waals surface area contributed by atoms with Crippen LogP contribution in [0.3, 0.4) is 0 Å². The van der Waals surface area contributed by atoms with E-state index in [1.54, 1.807) is 60.7 Å². The molecule has 0 aliphatic rings. The summed E-state index contributed by atoms with van der Waals surface area (Å²) < 4.78 is 52.2. The van der Waals surface area contributed by atoms with Crippen LogP contribution in [0.4, 0.5) is 13.2 Å². The largest absolute Gasteiger partial charge is 0.457 e. The summed E-state index contributed by atoms with van der Waals surface area (Å²) in [6, 6.07) is 20.0. The molecule has 0 bridgehead atoms. The van der Waals surface area contributed by atoms with Gasteiger partial charge in [0, 0.05) is 9.50 Å². The first-order valence-corrected chi connectivity index (χ1v) is 9.90. The Morgan fingerprint density at radius 2 is 1.59 bits per heavy atom. The molecule has 0 aliphatic carbocycles. The summed E-state index contributed by atoms with van der Waals surface area (Å²) in [7, 11) is 0. The van der Waals surface area contributed by atoms with Gasteiger partial charge in [0.25, 0.3) is 0 Å². The van der Waals surface area contributed by atoms with Crippen LogP contribution in [0.2, 0.25) is 5.02 Å². The SMILES string of the molecule is FC(F)(F)C(COCc1cccc(Oc2ccc(Cl)cc2)c1)c1ccc(Br)cc1. The lowest BCUT2D eigenvalue weighted by atomic mass is 9.99. The summed E-state index contributed by atoms with van der Waals surface area (Å²) in [5.74, 6) is -0.516. The molecule has 0 N–H and O–H groups in total. The molecule has 3 rings (SSSR count). The van der Waals surface area contributed by atoms with Crippen LogP contribution >= 0.6 is 27.5 Å². The summed E-state index contributed by atoms with van der Waals surface area (Å²) in [6.07, 6.45) is -4.40. The number of benzene rings is 3. The molecule has 3 aromatic rings. The van der Waals surface area contributed by atoms with Gasteiger partial charge in [0.05, 0.1) is 13.2 Å². The summed E-state index contributed by atoms with van der Waals surface area (Å²) in [5.41, 5.74) is 0.883. The van der Waals surface area contributed by atoms with Gasteiger partial charge in [0.15, 0.2) is 0 Å². The van der Waals surface area contributed by atoms with Crippen LogP contribution < -0.4 is 4.74 Å². The van der Waals surface area contributed by atoms with Gasteiger partial charge in [-0.3, -0.25) is 0 Å². The van der Waals surface area contributed by atoms with E-state index in [4.69, 9.17) is 21.1 Å². The first-order chi connectivity index (χ1) is 13.8. The number of alkyl halides is 3. The van der Waals surface area contributed by atoms with Crippen LogP contribution in [0.5, 0.6) is 11.5 Å². The smallest absolute Gasteiger partial charge is 0.397 e. The molecule has 0 heterocycles. The molecular weight excluding hydrogens is 469 g/mol. The van der Waals surface area contributed by atoms with Gasteiger partial charge in [0.1, 0.15) is 17.4 Å². The number of rotatable bonds is 7. The quantitative estimate of drug-likeness (QED) is 0.340. The maximum absolute atomic E-state index is 13.4. The third-order valence-corrected chi connectivity index (χ3v) is 4.95. The maximum Gasteiger partial charge on any atom is 0.397 e. The molecule has 0 saturated heterocycles. The van der Waals surface area contributed by atoms with Crippen molar-refractivity contribution in [3.05, 3.63) is 93.4 Å². The Morgan fingerprint density at radius 3 is 2.24 bits per heavy atom. The molecule has 152 valence electrons. The van der Waals surface area contributed by atoms with Crippen LogP contribution in [0, 0.1) is 0 Å². The second-order valence-corrected chi connectivity index (χ2v) is 7.72. The molecule has 7 heteroatoms. The van der Waals surface area contributed by atoms with Crippen molar-refractivity contribution in [2.45, 2.75) is 18.7 Å². The van der Waals surface area contributed by atoms with Gasteiger partial charge in [-0.25, -0.2) is 0 Å². The topological polar surface area (TPSA) is 18.5 Å². The van der Waals surface area contributed by atoms with E-state index in [0.29, 0.717) is 22.1 Å². The summed E-state index contributed by atoms with van der Waals surface area (Å²) in [6.45, 7) is -0.422. The fourth-order valence-corrected chi connectivity index (χ4v) is 3.10. The Labute approximate surface area is 180 Å². The van der Waals surface area contributed by atoms with Crippen LogP contribution in [0.25, 0.3) is 0 Å². The molecule has 0 radical (unpaired) electrons. The van der Waals surface area contributed by atoms with E-state index in [0.717, 1.165) is 4.47 Å². The summed E-state index contributed by atoms with van der Waals surface area (Å²) in [5, 5.41) is 0.601. The van der Waals surface area contributed by atoms with Gasteiger partial charge in [-0.15, -0.1) is 0 Å². The van der Waals surface area contributed by atoms with Crippen LogP contribution in [-0.2, 0) is 11.3 Å². The minimum Gasteiger partial charge on any atom is -0.457 e. The van der Waals surface area contributed by atoms with Gasteiger partial charge in [0.2, 0.25) is 0 Å². The summed E-state index contributed by atoms with van der Waals surface area (Å²) in [4.78, 5) is 0. The van der Waals surface area contributed by atoms with Crippen molar-refractivity contribution in [2.75, 3.05) is 6.61 Å². The van der Waals surface area contributed by atoms with Gasteiger partial charge >= 0.3 is 6.18 Å². The van der Waals surface area contributed by atoms with Crippen molar-refractivity contribution >= 4 is 27.5 Å². The van der Waals surface area contributed by atoms with Gasteiger partial charge in [-0.2, -0.15) is 13.2 Å². The number of halogens is 5. The molecule has 3 aromatic carbocycles.